The smallest absolute Gasteiger partial charge is 0.319 e. The highest BCUT2D eigenvalue weighted by Crippen LogP contribution is 2.25. The van der Waals surface area contributed by atoms with Gasteiger partial charge in [0.05, 0.1) is 6.61 Å². The van der Waals surface area contributed by atoms with Gasteiger partial charge in [0.2, 0.25) is 0 Å². The average Bonchev–Trinajstić information content (AvgIpc) is 2.14. The normalized spacial score (nSPS) is 15.1. The van der Waals surface area contributed by atoms with Crippen LogP contribution < -0.4 is 0 Å². The lowest BCUT2D eigenvalue weighted by molar-refractivity contribution is -0.158. The number of esters is 1. The molecular weight excluding hydrogens is 180 g/mol. The molecule has 80 valence electrons. The molecule has 1 unspecified atom stereocenters. The van der Waals surface area contributed by atoms with E-state index in [1.807, 2.05) is 13.0 Å². The largest absolute Gasteiger partial charge is 0.465 e. The molecule has 14 heavy (non-hydrogen) atoms. The van der Waals surface area contributed by atoms with Gasteiger partial charge in [-0.25, -0.2) is 0 Å². The maximum atomic E-state index is 11.5. The van der Waals surface area contributed by atoms with E-state index in [2.05, 4.69) is 0 Å². The molecule has 0 aliphatic rings. The summed E-state index contributed by atoms with van der Waals surface area (Å²) in [6.07, 6.45) is 4.02. The number of carbonyl (C=O) groups is 2. The number of allylic oxidation sites excluding steroid dienone is 2. The summed E-state index contributed by atoms with van der Waals surface area (Å²) in [5.41, 5.74) is -1.03. The van der Waals surface area contributed by atoms with Crippen LogP contribution in [0.4, 0.5) is 0 Å². The van der Waals surface area contributed by atoms with Crippen molar-refractivity contribution in [1.29, 1.82) is 0 Å². The fourth-order valence-corrected chi connectivity index (χ4v) is 1.01. The van der Waals surface area contributed by atoms with Crippen molar-refractivity contribution in [1.82, 2.24) is 0 Å². The quantitative estimate of drug-likeness (QED) is 0.386. The van der Waals surface area contributed by atoms with Crippen LogP contribution in [0.15, 0.2) is 12.2 Å². The SMILES string of the molecule is C/C=C/CC(C)(C(C)=O)C(=O)OCC. The predicted octanol–water partition coefficient (Wildman–Crippen LogP) is 2.11. The molecule has 3 heteroatoms. The topological polar surface area (TPSA) is 43.4 Å². The molecule has 0 fully saturated rings. The van der Waals surface area contributed by atoms with E-state index in [0.717, 1.165) is 0 Å². The molecule has 0 rings (SSSR count). The van der Waals surface area contributed by atoms with E-state index in [1.165, 1.54) is 6.92 Å². The molecule has 0 N–H and O–H groups in total. The summed E-state index contributed by atoms with van der Waals surface area (Å²) in [5, 5.41) is 0. The Balaban J connectivity index is 4.70. The lowest BCUT2D eigenvalue weighted by atomic mass is 9.83. The van der Waals surface area contributed by atoms with E-state index in [-0.39, 0.29) is 5.78 Å². The Morgan fingerprint density at radius 3 is 2.36 bits per heavy atom. The first kappa shape index (κ1) is 12.9. The number of rotatable bonds is 5. The van der Waals surface area contributed by atoms with Crippen LogP contribution in [0.5, 0.6) is 0 Å². The van der Waals surface area contributed by atoms with Crippen LogP contribution in [0.2, 0.25) is 0 Å². The Morgan fingerprint density at radius 1 is 1.43 bits per heavy atom. The van der Waals surface area contributed by atoms with Crippen molar-refractivity contribution in [2.24, 2.45) is 5.41 Å². The van der Waals surface area contributed by atoms with Crippen LogP contribution >= 0.6 is 0 Å². The maximum Gasteiger partial charge on any atom is 0.319 e. The molecule has 0 aromatic heterocycles. The first-order valence-electron chi connectivity index (χ1n) is 4.78. The van der Waals surface area contributed by atoms with Gasteiger partial charge < -0.3 is 4.74 Å². The minimum atomic E-state index is -1.03. The molecule has 0 aromatic rings. The van der Waals surface area contributed by atoms with Crippen LogP contribution in [0.3, 0.4) is 0 Å². The molecule has 0 saturated carbocycles. The monoisotopic (exact) mass is 198 g/mol. The summed E-state index contributed by atoms with van der Waals surface area (Å²) in [6, 6.07) is 0. The van der Waals surface area contributed by atoms with E-state index in [9.17, 15) is 9.59 Å². The molecule has 0 spiro atoms. The summed E-state index contributed by atoms with van der Waals surface area (Å²) >= 11 is 0. The molecule has 1 atom stereocenters. The lowest BCUT2D eigenvalue weighted by Gasteiger charge is -2.22. The zero-order chi connectivity index (χ0) is 11.2. The molecular formula is C11H18O3. The molecule has 0 heterocycles. The van der Waals surface area contributed by atoms with Crippen molar-refractivity contribution in [3.8, 4) is 0 Å². The summed E-state index contributed by atoms with van der Waals surface area (Å²) in [4.78, 5) is 22.9. The van der Waals surface area contributed by atoms with E-state index < -0.39 is 11.4 Å². The zero-order valence-corrected chi connectivity index (χ0v) is 9.29. The van der Waals surface area contributed by atoms with Crippen molar-refractivity contribution in [3.05, 3.63) is 12.2 Å². The second-order valence-corrected chi connectivity index (χ2v) is 3.38. The molecule has 0 saturated heterocycles. The highest BCUT2D eigenvalue weighted by atomic mass is 16.5. The Morgan fingerprint density at radius 2 is 2.00 bits per heavy atom. The van der Waals surface area contributed by atoms with Gasteiger partial charge in [-0.1, -0.05) is 12.2 Å². The van der Waals surface area contributed by atoms with Crippen LogP contribution in [0, 0.1) is 5.41 Å². The van der Waals surface area contributed by atoms with Crippen LogP contribution in [0.25, 0.3) is 0 Å². The maximum absolute atomic E-state index is 11.5. The molecule has 0 radical (unpaired) electrons. The van der Waals surface area contributed by atoms with Gasteiger partial charge in [0.25, 0.3) is 0 Å². The first-order valence-corrected chi connectivity index (χ1v) is 4.78. The number of hydrogen-bond acceptors (Lipinski definition) is 3. The number of carbonyl (C=O) groups excluding carboxylic acids is 2. The van der Waals surface area contributed by atoms with Gasteiger partial charge in [0, 0.05) is 0 Å². The van der Waals surface area contributed by atoms with Gasteiger partial charge in [0.1, 0.15) is 11.2 Å². The Hall–Kier alpha value is -1.12. The second-order valence-electron chi connectivity index (χ2n) is 3.38. The number of Topliss-reactive ketones (excluding diaryl/α,β-unsaturated/α-hetero) is 1. The minimum Gasteiger partial charge on any atom is -0.465 e. The minimum absolute atomic E-state index is 0.158. The molecule has 0 aliphatic heterocycles. The lowest BCUT2D eigenvalue weighted by Crippen LogP contribution is -2.36. The summed E-state index contributed by atoms with van der Waals surface area (Å²) in [6.45, 7) is 6.92. The molecule has 0 aromatic carbocycles. The summed E-state index contributed by atoms with van der Waals surface area (Å²) < 4.78 is 4.87. The second kappa shape index (κ2) is 5.58. The van der Waals surface area contributed by atoms with Gasteiger partial charge in [0.15, 0.2) is 0 Å². The van der Waals surface area contributed by atoms with Crippen molar-refractivity contribution in [3.63, 3.8) is 0 Å². The summed E-state index contributed by atoms with van der Waals surface area (Å²) in [5.74, 6) is -0.598. The number of ketones is 1. The fraction of sp³-hybridized carbons (Fsp3) is 0.636. The number of ether oxygens (including phenoxy) is 1. The van der Waals surface area contributed by atoms with Gasteiger partial charge in [-0.3, -0.25) is 9.59 Å². The first-order chi connectivity index (χ1) is 6.49. The zero-order valence-electron chi connectivity index (χ0n) is 9.29. The number of hydrogen-bond donors (Lipinski definition) is 0. The van der Waals surface area contributed by atoms with Crippen molar-refractivity contribution >= 4 is 11.8 Å². The van der Waals surface area contributed by atoms with E-state index in [1.54, 1.807) is 19.9 Å². The third-order valence-corrected chi connectivity index (χ3v) is 2.26. The average molecular weight is 198 g/mol. The molecule has 0 bridgehead atoms. The highest BCUT2D eigenvalue weighted by Gasteiger charge is 2.38. The highest BCUT2D eigenvalue weighted by molar-refractivity contribution is 6.02. The Kier molecular flexibility index (Phi) is 5.13. The Labute approximate surface area is 85.1 Å². The van der Waals surface area contributed by atoms with Crippen molar-refractivity contribution in [2.75, 3.05) is 6.61 Å². The van der Waals surface area contributed by atoms with E-state index >= 15 is 0 Å². The molecule has 3 nitrogen and oxygen atoms in total. The van der Waals surface area contributed by atoms with Crippen molar-refractivity contribution < 1.29 is 14.3 Å². The van der Waals surface area contributed by atoms with E-state index in [4.69, 9.17) is 4.74 Å². The van der Waals surface area contributed by atoms with Crippen molar-refractivity contribution in [2.45, 2.75) is 34.1 Å². The van der Waals surface area contributed by atoms with E-state index in [0.29, 0.717) is 13.0 Å². The standard InChI is InChI=1S/C11H18O3/c1-5-7-8-11(4,9(3)12)10(13)14-6-2/h5,7H,6,8H2,1-4H3/b7-5+. The van der Waals surface area contributed by atoms with Gasteiger partial charge in [-0.2, -0.15) is 0 Å². The third-order valence-electron chi connectivity index (χ3n) is 2.26. The predicted molar refractivity (Wildman–Crippen MR) is 54.9 cm³/mol. The van der Waals surface area contributed by atoms with Crippen LogP contribution in [-0.4, -0.2) is 18.4 Å². The van der Waals surface area contributed by atoms with Crippen LogP contribution in [0.1, 0.15) is 34.1 Å². The fourth-order valence-electron chi connectivity index (χ4n) is 1.01. The van der Waals surface area contributed by atoms with Gasteiger partial charge >= 0.3 is 5.97 Å². The van der Waals surface area contributed by atoms with Gasteiger partial charge in [-0.15, -0.1) is 0 Å². The third kappa shape index (κ3) is 2.98. The van der Waals surface area contributed by atoms with Gasteiger partial charge in [-0.05, 0) is 34.1 Å². The summed E-state index contributed by atoms with van der Waals surface area (Å²) in [7, 11) is 0. The molecule has 0 aliphatic carbocycles. The molecule has 0 amide bonds. The Bertz CT molecular complexity index is 243. The van der Waals surface area contributed by atoms with Crippen LogP contribution in [-0.2, 0) is 14.3 Å².